The van der Waals surface area contributed by atoms with Crippen LogP contribution in [0.15, 0.2) is 16.9 Å². The van der Waals surface area contributed by atoms with E-state index in [1.165, 1.54) is 13.0 Å². The molecular formula is C23H34Cl3F2N10O8PS. The average molecular weight is 786 g/mol. The normalized spacial score (nSPS) is 11.6. The number of carbonyl (C=O) groups is 1. The number of rotatable bonds is 11. The fourth-order valence-electron chi connectivity index (χ4n) is 3.12. The summed E-state index contributed by atoms with van der Waals surface area (Å²) in [5, 5.41) is 20.0. The summed E-state index contributed by atoms with van der Waals surface area (Å²) in [7, 11) is -7.74. The summed E-state index contributed by atoms with van der Waals surface area (Å²) in [5.41, 5.74) is -1.37. The molecule has 2 aromatic heterocycles. The number of anilines is 3. The molecule has 0 amide bonds. The fourth-order valence-corrected chi connectivity index (χ4v) is 4.82. The van der Waals surface area contributed by atoms with Crippen LogP contribution in [-0.4, -0.2) is 89.8 Å². The maximum atomic E-state index is 12.8. The van der Waals surface area contributed by atoms with E-state index in [-0.39, 0.29) is 42.6 Å². The van der Waals surface area contributed by atoms with Crippen LogP contribution in [0.4, 0.5) is 26.4 Å². The van der Waals surface area contributed by atoms with Gasteiger partial charge in [0, 0.05) is 12.1 Å². The van der Waals surface area contributed by atoms with E-state index in [0.717, 1.165) is 18.9 Å². The number of nitrogens with zero attached hydrogens (tertiary/aromatic N) is 6. The molecule has 0 saturated heterocycles. The number of nitrogens with one attached hydrogen (secondary N) is 4. The average Bonchev–Trinajstić information content (AvgIpc) is 3.17. The smallest absolute Gasteiger partial charge is 0.355 e. The molecule has 0 radical (unpaired) electrons. The van der Waals surface area contributed by atoms with Gasteiger partial charge < -0.3 is 25.5 Å². The second-order valence-electron chi connectivity index (χ2n) is 10.3. The standard InChI is InChI=1S/C11H10Cl2F2N4O3S.C9H16ClN5.C3H8NO5P/c1-5-16-19(11(20)18(5)10(14)15)9-4-8(17-23(2,21)22)6(12)3-7(9)13;1-5-11-7-12-6(10)13-8(14-7)15-9(2,3)4;5-3(6)1-4-2-10(7,8)9/h3-4,10,17H,1-2H3;5H2,1-4H3,(H2,11,12,13,14,15);4H,1-2H2,(H,5,6)(H2,7,8,9). The number of alkyl halides is 2. The Bertz CT molecular complexity index is 1790. The minimum atomic E-state index is -4.10. The van der Waals surface area contributed by atoms with Crippen LogP contribution in [0.5, 0.6) is 0 Å². The molecule has 270 valence electrons. The monoisotopic (exact) mass is 784 g/mol. The molecule has 3 rings (SSSR count). The van der Waals surface area contributed by atoms with E-state index in [1.54, 1.807) is 0 Å². The first-order valence-electron chi connectivity index (χ1n) is 13.2. The number of sulfonamides is 1. The molecule has 0 atom stereocenters. The van der Waals surface area contributed by atoms with Crippen molar-refractivity contribution >= 4 is 76.0 Å². The number of halogens is 5. The van der Waals surface area contributed by atoms with Crippen LogP contribution < -0.4 is 26.4 Å². The molecule has 2 heterocycles. The van der Waals surface area contributed by atoms with Gasteiger partial charge in [0.25, 0.3) is 0 Å². The van der Waals surface area contributed by atoms with Crippen LogP contribution in [-0.2, 0) is 19.4 Å². The number of carboxylic acids is 1. The molecule has 7 N–H and O–H groups in total. The van der Waals surface area contributed by atoms with Crippen LogP contribution in [0, 0.1) is 6.92 Å². The van der Waals surface area contributed by atoms with E-state index >= 15 is 0 Å². The highest BCUT2D eigenvalue weighted by Crippen LogP contribution is 2.32. The predicted octanol–water partition coefficient (Wildman–Crippen LogP) is 3.38. The van der Waals surface area contributed by atoms with Crippen LogP contribution in [0.2, 0.25) is 15.3 Å². The van der Waals surface area contributed by atoms with Gasteiger partial charge in [-0.2, -0.15) is 28.4 Å². The van der Waals surface area contributed by atoms with Gasteiger partial charge in [0.15, 0.2) is 0 Å². The summed E-state index contributed by atoms with van der Waals surface area (Å²) < 4.78 is 61.3. The second-order valence-corrected chi connectivity index (χ2v) is 14.9. The van der Waals surface area contributed by atoms with Crippen LogP contribution in [0.25, 0.3) is 5.69 Å². The highest BCUT2D eigenvalue weighted by atomic mass is 35.5. The Labute approximate surface area is 288 Å². The van der Waals surface area contributed by atoms with Gasteiger partial charge in [-0.3, -0.25) is 19.4 Å². The number of hydrogen-bond donors (Lipinski definition) is 7. The molecule has 0 saturated carbocycles. The largest absolute Gasteiger partial charge is 0.480 e. The van der Waals surface area contributed by atoms with Crippen molar-refractivity contribution in [1.29, 1.82) is 0 Å². The highest BCUT2D eigenvalue weighted by molar-refractivity contribution is 7.92. The number of aryl methyl sites for hydroxylation is 1. The number of aromatic nitrogens is 6. The van der Waals surface area contributed by atoms with Crippen molar-refractivity contribution in [3.05, 3.63) is 43.8 Å². The molecule has 0 aliphatic heterocycles. The van der Waals surface area contributed by atoms with Crippen LogP contribution in [0.3, 0.4) is 0 Å². The maximum Gasteiger partial charge on any atom is 0.355 e. The van der Waals surface area contributed by atoms with Gasteiger partial charge in [-0.1, -0.05) is 23.2 Å². The van der Waals surface area contributed by atoms with Crippen LogP contribution in [0.1, 0.15) is 40.1 Å². The fraction of sp³-hybridized carbons (Fsp3) is 0.478. The molecule has 18 nitrogen and oxygen atoms in total. The third-order valence-electron chi connectivity index (χ3n) is 4.76. The molecule has 0 fully saturated rings. The molecule has 0 aliphatic carbocycles. The van der Waals surface area contributed by atoms with E-state index in [0.29, 0.717) is 16.6 Å². The first-order valence-corrected chi connectivity index (χ1v) is 18.0. The van der Waals surface area contributed by atoms with Crippen molar-refractivity contribution in [2.75, 3.05) is 41.0 Å². The zero-order valence-corrected chi connectivity index (χ0v) is 30.1. The van der Waals surface area contributed by atoms with Crippen molar-refractivity contribution in [3.8, 4) is 5.69 Å². The molecule has 48 heavy (non-hydrogen) atoms. The Morgan fingerprint density at radius 2 is 1.67 bits per heavy atom. The summed E-state index contributed by atoms with van der Waals surface area (Å²) >= 11 is 17.6. The third kappa shape index (κ3) is 15.8. The SMILES string of the molecule is CCNc1nc(Cl)nc(NC(C)(C)C)n1.Cc1nn(-c2cc(NS(C)(=O)=O)c(Cl)cc2Cl)c(=O)n1C(F)F.O=C(O)CNCP(=O)(O)O. The number of aliphatic carboxylic acids is 1. The predicted molar refractivity (Wildman–Crippen MR) is 177 cm³/mol. The minimum absolute atomic E-state index is 0.0257. The molecule has 1 aromatic carbocycles. The minimum Gasteiger partial charge on any atom is -0.480 e. The molecule has 25 heteroatoms. The molecule has 0 unspecified atom stereocenters. The number of benzene rings is 1. The Hall–Kier alpha value is -3.17. The first-order chi connectivity index (χ1) is 21.8. The van der Waals surface area contributed by atoms with E-state index in [9.17, 15) is 31.4 Å². The van der Waals surface area contributed by atoms with Crippen molar-refractivity contribution in [2.45, 2.75) is 46.7 Å². The molecule has 3 aromatic rings. The maximum absolute atomic E-state index is 12.8. The topological polar surface area (TPSA) is 256 Å². The summed E-state index contributed by atoms with van der Waals surface area (Å²) in [6.45, 7) is 6.50. The van der Waals surface area contributed by atoms with E-state index < -0.39 is 48.7 Å². The summed E-state index contributed by atoms with van der Waals surface area (Å²) in [6.07, 6.45) is 0.304. The van der Waals surface area contributed by atoms with Gasteiger partial charge >= 0.3 is 25.8 Å². The zero-order valence-electron chi connectivity index (χ0n) is 26.2. The second kappa shape index (κ2) is 18.0. The van der Waals surface area contributed by atoms with E-state index in [1.807, 2.05) is 27.7 Å². The zero-order chi connectivity index (χ0) is 37.2. The van der Waals surface area contributed by atoms with E-state index in [4.69, 9.17) is 49.7 Å². The Morgan fingerprint density at radius 1 is 1.08 bits per heavy atom. The molecule has 0 bridgehead atoms. The van der Waals surface area contributed by atoms with E-state index in [2.05, 4.69) is 40.7 Å². The van der Waals surface area contributed by atoms with Crippen molar-refractivity contribution in [2.24, 2.45) is 0 Å². The summed E-state index contributed by atoms with van der Waals surface area (Å²) in [4.78, 5) is 50.3. The Morgan fingerprint density at radius 3 is 2.12 bits per heavy atom. The number of hydrogen-bond acceptors (Lipinski definition) is 12. The van der Waals surface area contributed by atoms with Gasteiger partial charge in [-0.05, 0) is 58.4 Å². The lowest BCUT2D eigenvalue weighted by atomic mass is 10.1. The van der Waals surface area contributed by atoms with Crippen LogP contribution >= 0.6 is 42.4 Å². The summed E-state index contributed by atoms with van der Waals surface area (Å²) in [5.74, 6) is -0.398. The quantitative estimate of drug-likeness (QED) is 0.138. The van der Waals surface area contributed by atoms with Gasteiger partial charge in [0.1, 0.15) is 5.82 Å². The highest BCUT2D eigenvalue weighted by Gasteiger charge is 2.21. The first kappa shape index (κ1) is 42.9. The number of carboxylic acid groups (broad SMARTS) is 1. The molecular weight excluding hydrogens is 752 g/mol. The van der Waals surface area contributed by atoms with Gasteiger partial charge in [-0.25, -0.2) is 17.8 Å². The van der Waals surface area contributed by atoms with Crippen molar-refractivity contribution in [1.82, 2.24) is 34.6 Å². The van der Waals surface area contributed by atoms with Crippen molar-refractivity contribution < 1.29 is 41.5 Å². The Kier molecular flexibility index (Phi) is 16.1. The molecule has 0 spiro atoms. The summed E-state index contributed by atoms with van der Waals surface area (Å²) in [6, 6.07) is 2.31. The molecule has 0 aliphatic rings. The van der Waals surface area contributed by atoms with Crippen molar-refractivity contribution in [3.63, 3.8) is 0 Å². The lowest BCUT2D eigenvalue weighted by Crippen LogP contribution is -2.27. The van der Waals surface area contributed by atoms with Gasteiger partial charge in [0.2, 0.25) is 27.2 Å². The lowest BCUT2D eigenvalue weighted by molar-refractivity contribution is -0.135. The Balaban J connectivity index is 0.000000396. The lowest BCUT2D eigenvalue weighted by Gasteiger charge is -2.20. The van der Waals surface area contributed by atoms with Gasteiger partial charge in [0.05, 0.1) is 40.5 Å². The van der Waals surface area contributed by atoms with Gasteiger partial charge in [-0.15, -0.1) is 5.10 Å². The third-order valence-corrected chi connectivity index (χ3v) is 6.77.